The Hall–Kier alpha value is -1.36. The number of aromatic nitrogens is 1. The van der Waals surface area contributed by atoms with Gasteiger partial charge in [-0.05, 0) is 26.3 Å². The first-order chi connectivity index (χ1) is 10.0. The summed E-state index contributed by atoms with van der Waals surface area (Å²) in [5.41, 5.74) is 0.423. The molecule has 1 atom stereocenters. The molecule has 0 aromatic carbocycles. The molecule has 0 saturated carbocycles. The molecule has 0 fully saturated rings. The minimum atomic E-state index is -0.159. The van der Waals surface area contributed by atoms with Crippen LogP contribution in [0.25, 0.3) is 0 Å². The summed E-state index contributed by atoms with van der Waals surface area (Å²) in [5, 5.41) is 10.3. The third-order valence-electron chi connectivity index (χ3n) is 4.58. The van der Waals surface area contributed by atoms with Crippen LogP contribution in [0.4, 0.5) is 0 Å². The summed E-state index contributed by atoms with van der Waals surface area (Å²) in [5.74, 6) is 0.576. The number of amides is 1. The van der Waals surface area contributed by atoms with E-state index >= 15 is 0 Å². The maximum Gasteiger partial charge on any atom is 0.273 e. The van der Waals surface area contributed by atoms with Gasteiger partial charge in [0.25, 0.3) is 5.91 Å². The van der Waals surface area contributed by atoms with Crippen molar-refractivity contribution in [1.82, 2.24) is 15.8 Å². The van der Waals surface area contributed by atoms with E-state index in [2.05, 4.69) is 43.5 Å². The van der Waals surface area contributed by atoms with Gasteiger partial charge in [-0.2, -0.15) is 0 Å². The molecule has 0 aliphatic rings. The van der Waals surface area contributed by atoms with E-state index < -0.39 is 0 Å². The van der Waals surface area contributed by atoms with Crippen LogP contribution >= 0.6 is 0 Å². The first-order valence-electron chi connectivity index (χ1n) is 8.00. The highest BCUT2D eigenvalue weighted by Crippen LogP contribution is 2.30. The highest BCUT2D eigenvalue weighted by molar-refractivity contribution is 5.92. The van der Waals surface area contributed by atoms with Crippen molar-refractivity contribution in [1.29, 1.82) is 0 Å². The van der Waals surface area contributed by atoms with Crippen LogP contribution < -0.4 is 10.6 Å². The van der Waals surface area contributed by atoms with Crippen LogP contribution in [0, 0.1) is 5.41 Å². The molecule has 5 heteroatoms. The zero-order valence-electron chi connectivity index (χ0n) is 14.0. The van der Waals surface area contributed by atoms with Crippen LogP contribution in [0.15, 0.2) is 10.6 Å². The summed E-state index contributed by atoms with van der Waals surface area (Å²) in [6.45, 7) is 12.2. The Morgan fingerprint density at radius 2 is 2.00 bits per heavy atom. The average molecular weight is 295 g/mol. The molecule has 0 radical (unpaired) electrons. The van der Waals surface area contributed by atoms with Crippen molar-refractivity contribution in [2.24, 2.45) is 5.41 Å². The number of carbonyl (C=O) groups is 1. The lowest BCUT2D eigenvalue weighted by Gasteiger charge is -2.38. The highest BCUT2D eigenvalue weighted by atomic mass is 16.5. The highest BCUT2D eigenvalue weighted by Gasteiger charge is 2.33. The predicted octanol–water partition coefficient (Wildman–Crippen LogP) is 2.77. The van der Waals surface area contributed by atoms with Crippen molar-refractivity contribution in [2.75, 3.05) is 13.1 Å². The molecular weight excluding hydrogens is 266 g/mol. The second-order valence-corrected chi connectivity index (χ2v) is 5.56. The van der Waals surface area contributed by atoms with Crippen molar-refractivity contribution < 1.29 is 9.32 Å². The van der Waals surface area contributed by atoms with Gasteiger partial charge in [0.05, 0.1) is 0 Å². The van der Waals surface area contributed by atoms with Gasteiger partial charge in [-0.1, -0.05) is 32.9 Å². The van der Waals surface area contributed by atoms with Crippen LogP contribution in [-0.2, 0) is 6.42 Å². The number of nitrogens with zero attached hydrogens (tertiary/aromatic N) is 1. The van der Waals surface area contributed by atoms with E-state index in [9.17, 15) is 4.79 Å². The second kappa shape index (κ2) is 8.17. The third-order valence-corrected chi connectivity index (χ3v) is 4.58. The topological polar surface area (TPSA) is 67.2 Å². The normalized spacial score (nSPS) is 13.2. The number of aryl methyl sites for hydroxylation is 1. The first-order valence-corrected chi connectivity index (χ1v) is 8.00. The summed E-state index contributed by atoms with van der Waals surface area (Å²) in [4.78, 5) is 12.2. The molecule has 2 N–H and O–H groups in total. The average Bonchev–Trinajstić information content (AvgIpc) is 2.98. The fourth-order valence-electron chi connectivity index (χ4n) is 2.72. The molecule has 1 rings (SSSR count). The van der Waals surface area contributed by atoms with E-state index in [0.29, 0.717) is 18.3 Å². The SMILES string of the molecule is CCNC(C)C(CC)(CC)CNC(=O)c1cc(CC)on1. The molecule has 0 bridgehead atoms. The van der Waals surface area contributed by atoms with Gasteiger partial charge in [-0.3, -0.25) is 4.79 Å². The summed E-state index contributed by atoms with van der Waals surface area (Å²) in [6, 6.07) is 2.06. The van der Waals surface area contributed by atoms with Crippen LogP contribution in [0.2, 0.25) is 0 Å². The van der Waals surface area contributed by atoms with Crippen molar-refractivity contribution in [3.63, 3.8) is 0 Å². The van der Waals surface area contributed by atoms with Crippen molar-refractivity contribution in [3.05, 3.63) is 17.5 Å². The third kappa shape index (κ3) is 4.30. The van der Waals surface area contributed by atoms with Gasteiger partial charge in [0.15, 0.2) is 5.69 Å². The monoisotopic (exact) mass is 295 g/mol. The quantitative estimate of drug-likeness (QED) is 0.735. The molecule has 1 heterocycles. The van der Waals surface area contributed by atoms with Crippen molar-refractivity contribution >= 4 is 5.91 Å². The lowest BCUT2D eigenvalue weighted by atomic mass is 9.76. The van der Waals surface area contributed by atoms with Gasteiger partial charge in [-0.25, -0.2) is 0 Å². The first kappa shape index (κ1) is 17.7. The molecule has 1 aromatic rings. The van der Waals surface area contributed by atoms with E-state index in [1.807, 2.05) is 6.92 Å². The summed E-state index contributed by atoms with van der Waals surface area (Å²) in [6.07, 6.45) is 2.76. The maximum atomic E-state index is 12.2. The van der Waals surface area contributed by atoms with E-state index in [4.69, 9.17) is 4.52 Å². The minimum absolute atomic E-state index is 0.0585. The van der Waals surface area contributed by atoms with Crippen LogP contribution in [0.3, 0.4) is 0 Å². The Labute approximate surface area is 127 Å². The van der Waals surface area contributed by atoms with E-state index in [1.165, 1.54) is 0 Å². The molecule has 120 valence electrons. The molecule has 1 unspecified atom stereocenters. The van der Waals surface area contributed by atoms with Gasteiger partial charge in [-0.15, -0.1) is 0 Å². The summed E-state index contributed by atoms with van der Waals surface area (Å²) >= 11 is 0. The number of nitrogens with one attached hydrogen (secondary N) is 2. The van der Waals surface area contributed by atoms with Gasteiger partial charge < -0.3 is 15.2 Å². The van der Waals surface area contributed by atoms with Crippen LogP contribution in [-0.4, -0.2) is 30.2 Å². The largest absolute Gasteiger partial charge is 0.361 e. The minimum Gasteiger partial charge on any atom is -0.361 e. The van der Waals surface area contributed by atoms with E-state index in [-0.39, 0.29) is 11.3 Å². The van der Waals surface area contributed by atoms with Crippen LogP contribution in [0.5, 0.6) is 0 Å². The second-order valence-electron chi connectivity index (χ2n) is 5.56. The number of hydrogen-bond donors (Lipinski definition) is 2. The Bertz CT molecular complexity index is 438. The molecule has 0 spiro atoms. The fraction of sp³-hybridized carbons (Fsp3) is 0.750. The molecular formula is C16H29N3O2. The Balaban J connectivity index is 2.70. The number of rotatable bonds is 9. The lowest BCUT2D eigenvalue weighted by molar-refractivity contribution is 0.0898. The molecule has 0 aliphatic heterocycles. The lowest BCUT2D eigenvalue weighted by Crippen LogP contribution is -2.49. The van der Waals surface area contributed by atoms with Crippen molar-refractivity contribution in [2.45, 2.75) is 59.9 Å². The number of hydrogen-bond acceptors (Lipinski definition) is 4. The van der Waals surface area contributed by atoms with Gasteiger partial charge >= 0.3 is 0 Å². The molecule has 1 aromatic heterocycles. The standard InChI is InChI=1S/C16H29N3O2/c1-6-13-10-14(19-21-13)15(20)18-11-16(7-2,8-3)12(5)17-9-4/h10,12,17H,6-9,11H2,1-5H3,(H,18,20). The van der Waals surface area contributed by atoms with Crippen LogP contribution in [0.1, 0.15) is 63.7 Å². The molecule has 0 saturated heterocycles. The molecule has 5 nitrogen and oxygen atoms in total. The van der Waals surface area contributed by atoms with Gasteiger partial charge in [0.1, 0.15) is 5.76 Å². The fourth-order valence-corrected chi connectivity index (χ4v) is 2.72. The number of carbonyl (C=O) groups excluding carboxylic acids is 1. The smallest absolute Gasteiger partial charge is 0.273 e. The summed E-state index contributed by atoms with van der Waals surface area (Å²) < 4.78 is 5.08. The maximum absolute atomic E-state index is 12.2. The Morgan fingerprint density at radius 3 is 2.48 bits per heavy atom. The van der Waals surface area contributed by atoms with Gasteiger partial charge in [0.2, 0.25) is 0 Å². The Morgan fingerprint density at radius 1 is 1.33 bits per heavy atom. The van der Waals surface area contributed by atoms with Gasteiger partial charge in [0, 0.05) is 30.5 Å². The molecule has 0 aliphatic carbocycles. The predicted molar refractivity (Wildman–Crippen MR) is 84.4 cm³/mol. The zero-order valence-corrected chi connectivity index (χ0v) is 14.0. The van der Waals surface area contributed by atoms with E-state index in [1.54, 1.807) is 6.07 Å². The van der Waals surface area contributed by atoms with Crippen molar-refractivity contribution in [3.8, 4) is 0 Å². The van der Waals surface area contributed by atoms with E-state index in [0.717, 1.165) is 31.6 Å². The zero-order chi connectivity index (χ0) is 15.9. The molecule has 1 amide bonds. The summed E-state index contributed by atoms with van der Waals surface area (Å²) in [7, 11) is 0. The molecule has 21 heavy (non-hydrogen) atoms. The Kier molecular flexibility index (Phi) is 6.89.